The lowest BCUT2D eigenvalue weighted by atomic mass is 10.1. The predicted molar refractivity (Wildman–Crippen MR) is 135 cm³/mol. The zero-order chi connectivity index (χ0) is 26.4. The molecule has 12 nitrogen and oxygen atoms in total. The molecule has 36 heavy (non-hydrogen) atoms. The van der Waals surface area contributed by atoms with Crippen molar-refractivity contribution in [2.24, 2.45) is 9.98 Å². The third-order valence-corrected chi connectivity index (χ3v) is 5.26. The number of hydrogen-bond acceptors (Lipinski definition) is 8. The molecule has 12 heteroatoms. The molecule has 2 rings (SSSR count). The van der Waals surface area contributed by atoms with Crippen LogP contribution in [0.4, 0.5) is 5.82 Å². The standard InChI is InChI=1S/C12H19N4O2.C12H18N4O2/c2*1-2-3-4-5-6-7-8-18-12(17)10-11(16-13)15-9-14-10/h9,13H,2-8H2,1H3;9H,2-8H2,1H3/q+1;/p+1. The van der Waals surface area contributed by atoms with Crippen LogP contribution in [0.15, 0.2) is 16.3 Å². The van der Waals surface area contributed by atoms with Crippen LogP contribution < -0.4 is 0 Å². The fourth-order valence-electron chi connectivity index (χ4n) is 3.23. The summed E-state index contributed by atoms with van der Waals surface area (Å²) < 4.78 is 10.1. The Hall–Kier alpha value is -3.71. The summed E-state index contributed by atoms with van der Waals surface area (Å²) in [6.45, 7) is 5.12. The van der Waals surface area contributed by atoms with E-state index in [1.165, 1.54) is 64.0 Å². The molecule has 0 unspecified atom stereocenters. The lowest BCUT2D eigenvalue weighted by Crippen LogP contribution is -2.24. The van der Waals surface area contributed by atoms with Crippen molar-refractivity contribution in [3.8, 4) is 0 Å². The summed E-state index contributed by atoms with van der Waals surface area (Å²) >= 11 is 0. The highest BCUT2D eigenvalue weighted by Crippen LogP contribution is 2.14. The minimum absolute atomic E-state index is 0.0166. The smallest absolute Gasteiger partial charge is 0.461 e. The lowest BCUT2D eigenvalue weighted by Gasteiger charge is -2.02. The molecular formula is C24H38N8O4+2. The van der Waals surface area contributed by atoms with Crippen LogP contribution in [0.2, 0.25) is 0 Å². The van der Waals surface area contributed by atoms with Gasteiger partial charge in [-0.25, -0.2) is 9.59 Å². The molecule has 2 N–H and O–H groups in total. The average molecular weight is 503 g/mol. The van der Waals surface area contributed by atoms with Crippen LogP contribution in [0.3, 0.4) is 0 Å². The summed E-state index contributed by atoms with van der Waals surface area (Å²) in [5, 5.41) is 8.58. The van der Waals surface area contributed by atoms with Gasteiger partial charge in [-0.15, -0.1) is 0 Å². The first-order valence-electron chi connectivity index (χ1n) is 12.7. The number of rotatable bonds is 16. The van der Waals surface area contributed by atoms with E-state index in [0.717, 1.165) is 25.7 Å². The summed E-state index contributed by atoms with van der Waals surface area (Å²) in [5.74, 6) is -1.10. The van der Waals surface area contributed by atoms with Crippen molar-refractivity contribution in [2.75, 3.05) is 13.2 Å². The van der Waals surface area contributed by atoms with Crippen molar-refractivity contribution in [1.82, 2.24) is 9.97 Å². The van der Waals surface area contributed by atoms with Gasteiger partial charge in [-0.3, -0.25) is 0 Å². The second-order valence-corrected chi connectivity index (χ2v) is 8.17. The monoisotopic (exact) mass is 502 g/mol. The quantitative estimate of drug-likeness (QED) is 0.100. The molecule has 0 aliphatic carbocycles. The molecule has 0 radical (unpaired) electrons. The first-order chi connectivity index (χ1) is 17.6. The van der Waals surface area contributed by atoms with Crippen molar-refractivity contribution in [1.29, 1.82) is 10.9 Å². The Morgan fingerprint density at radius 2 is 1.47 bits per heavy atom. The van der Waals surface area contributed by atoms with Gasteiger partial charge in [-0.1, -0.05) is 82.8 Å². The number of aromatic amines is 1. The molecule has 0 saturated heterocycles. The van der Waals surface area contributed by atoms with Gasteiger partial charge in [0.1, 0.15) is 0 Å². The molecule has 0 saturated carbocycles. The van der Waals surface area contributed by atoms with Gasteiger partial charge in [0.2, 0.25) is 18.4 Å². The van der Waals surface area contributed by atoms with Gasteiger partial charge in [0.15, 0.2) is 0 Å². The number of nitrogens with one attached hydrogen (secondary N) is 2. The third-order valence-electron chi connectivity index (χ3n) is 5.26. The van der Waals surface area contributed by atoms with E-state index in [1.54, 1.807) is 0 Å². The Morgan fingerprint density at radius 1 is 0.917 bits per heavy atom. The van der Waals surface area contributed by atoms with E-state index in [4.69, 9.17) is 20.4 Å². The van der Waals surface area contributed by atoms with Gasteiger partial charge in [-0.05, 0) is 28.3 Å². The van der Waals surface area contributed by atoms with Crippen LogP contribution in [0, 0.1) is 10.9 Å². The number of unbranched alkanes of at least 4 members (excludes halogenated alkanes) is 10. The van der Waals surface area contributed by atoms with E-state index in [0.29, 0.717) is 13.2 Å². The Balaban J connectivity index is 0.000000360. The van der Waals surface area contributed by atoms with Crippen molar-refractivity contribution in [3.05, 3.63) is 17.0 Å². The van der Waals surface area contributed by atoms with Gasteiger partial charge in [-0.2, -0.15) is 4.99 Å². The maximum Gasteiger partial charge on any atom is 0.497 e. The molecule has 0 atom stereocenters. The number of aliphatic imine (C=N–C) groups is 2. The molecular weight excluding hydrogens is 464 g/mol. The summed E-state index contributed by atoms with van der Waals surface area (Å²) in [5.41, 5.74) is 6.93. The fraction of sp³-hybridized carbons (Fsp3) is 0.667. The second-order valence-electron chi connectivity index (χ2n) is 8.17. The summed E-state index contributed by atoms with van der Waals surface area (Å²) in [6.07, 6.45) is 16.1. The van der Waals surface area contributed by atoms with E-state index in [-0.39, 0.29) is 23.1 Å². The molecule has 0 aromatic carbocycles. The first-order valence-corrected chi connectivity index (χ1v) is 12.7. The number of nitrogens with zero attached hydrogens (tertiary/aromatic N) is 6. The molecule has 0 bridgehead atoms. The molecule has 2 heterocycles. The zero-order valence-electron chi connectivity index (χ0n) is 21.4. The predicted octanol–water partition coefficient (Wildman–Crippen LogP) is 5.42. The Labute approximate surface area is 211 Å². The summed E-state index contributed by atoms with van der Waals surface area (Å²) in [4.78, 5) is 42.7. The Kier molecular flexibility index (Phi) is 16.5. The molecule has 0 amide bonds. The second kappa shape index (κ2) is 19.6. The van der Waals surface area contributed by atoms with Gasteiger partial charge >= 0.3 is 23.6 Å². The molecule has 1 aromatic rings. The van der Waals surface area contributed by atoms with E-state index in [1.807, 2.05) is 0 Å². The first kappa shape index (κ1) is 30.3. The number of imidazole rings is 1. The van der Waals surface area contributed by atoms with Crippen LogP contribution in [0.25, 0.3) is 4.98 Å². The van der Waals surface area contributed by atoms with Crippen LogP contribution in [0.5, 0.6) is 0 Å². The third kappa shape index (κ3) is 12.1. The van der Waals surface area contributed by atoms with Crippen molar-refractivity contribution >= 4 is 35.6 Å². The highest BCUT2D eigenvalue weighted by molar-refractivity contribution is 6.66. The number of hydrogen-bond donors (Lipinski definition) is 2. The number of ether oxygens (including phenoxy) is 2. The van der Waals surface area contributed by atoms with Crippen LogP contribution in [0.1, 0.15) is 101 Å². The van der Waals surface area contributed by atoms with Crippen molar-refractivity contribution < 1.29 is 23.9 Å². The fourth-order valence-corrected chi connectivity index (χ4v) is 3.23. The minimum atomic E-state index is -0.549. The average Bonchev–Trinajstić information content (AvgIpc) is 3.57. The maximum atomic E-state index is 11.6. The maximum absolute atomic E-state index is 11.6. The van der Waals surface area contributed by atoms with Gasteiger partial charge in [0, 0.05) is 4.98 Å². The minimum Gasteiger partial charge on any atom is -0.461 e. The normalized spacial score (nSPS) is 11.7. The SMILES string of the molecule is CCCCCCCCOC(=O)C1=NC=NC1=[N+]=N.CCCCCCCCOC(=O)c1[nH]cnc1[N+]#N. The molecule has 0 spiro atoms. The number of diazo groups is 1. The van der Waals surface area contributed by atoms with E-state index in [2.05, 4.69) is 43.6 Å². The number of esters is 2. The molecule has 0 fully saturated rings. The van der Waals surface area contributed by atoms with E-state index in [9.17, 15) is 9.59 Å². The Bertz CT molecular complexity index is 958. The largest absolute Gasteiger partial charge is 0.497 e. The number of carbonyl (C=O) groups excluding carboxylic acids is 2. The van der Waals surface area contributed by atoms with Gasteiger partial charge in [0.25, 0.3) is 5.71 Å². The summed E-state index contributed by atoms with van der Waals surface area (Å²) in [6, 6.07) is 0. The molecule has 1 aromatic heterocycles. The van der Waals surface area contributed by atoms with E-state index < -0.39 is 11.9 Å². The topological polar surface area (TPSA) is 172 Å². The van der Waals surface area contributed by atoms with Crippen LogP contribution >= 0.6 is 0 Å². The lowest BCUT2D eigenvalue weighted by molar-refractivity contribution is -0.136. The van der Waals surface area contributed by atoms with Gasteiger partial charge < -0.3 is 14.5 Å². The molecule has 1 aliphatic heterocycles. The highest BCUT2D eigenvalue weighted by atomic mass is 16.5. The number of aromatic nitrogens is 2. The van der Waals surface area contributed by atoms with Crippen LogP contribution in [-0.2, 0) is 14.3 Å². The zero-order valence-corrected chi connectivity index (χ0v) is 21.4. The van der Waals surface area contributed by atoms with Crippen LogP contribution in [-0.4, -0.2) is 57.8 Å². The summed E-state index contributed by atoms with van der Waals surface area (Å²) in [7, 11) is 0. The van der Waals surface area contributed by atoms with Crippen molar-refractivity contribution in [3.63, 3.8) is 0 Å². The Morgan fingerprint density at radius 3 is 2.03 bits per heavy atom. The highest BCUT2D eigenvalue weighted by Gasteiger charge is 2.32. The number of carbonyl (C=O) groups is 2. The number of amidine groups is 1. The molecule has 196 valence electrons. The van der Waals surface area contributed by atoms with Gasteiger partial charge in [0.05, 0.1) is 18.6 Å². The van der Waals surface area contributed by atoms with E-state index >= 15 is 0 Å². The number of H-pyrrole nitrogens is 1. The van der Waals surface area contributed by atoms with Crippen molar-refractivity contribution in [2.45, 2.75) is 90.9 Å². The molecule has 1 aliphatic rings.